The Bertz CT molecular complexity index is 266. The van der Waals surface area contributed by atoms with Gasteiger partial charge in [-0.25, -0.2) is 9.59 Å². The van der Waals surface area contributed by atoms with Crippen LogP contribution in [-0.2, 0) is 28.7 Å². The van der Waals surface area contributed by atoms with E-state index in [4.69, 9.17) is 10.2 Å². The second-order valence-corrected chi connectivity index (χ2v) is 2.49. The van der Waals surface area contributed by atoms with Gasteiger partial charge in [-0.3, -0.25) is 20.2 Å². The zero-order chi connectivity index (χ0) is 13.3. The molecule has 0 saturated heterocycles. The number of hydrogen-bond acceptors (Lipinski definition) is 8. The number of carboxylic acids is 2. The van der Waals surface area contributed by atoms with E-state index in [9.17, 15) is 19.2 Å². The van der Waals surface area contributed by atoms with Crippen molar-refractivity contribution in [1.82, 2.24) is 10.6 Å². The van der Waals surface area contributed by atoms with E-state index in [2.05, 4.69) is 20.1 Å². The predicted molar refractivity (Wildman–Crippen MR) is 48.3 cm³/mol. The van der Waals surface area contributed by atoms with Gasteiger partial charge >= 0.3 is 11.9 Å². The van der Waals surface area contributed by atoms with E-state index in [1.165, 1.54) is 0 Å². The number of carbonyl (C=O) groups is 4. The molecule has 0 spiro atoms. The van der Waals surface area contributed by atoms with Crippen molar-refractivity contribution < 1.29 is 38.9 Å². The Hall–Kier alpha value is -2.20. The molecule has 0 radical (unpaired) electrons. The lowest BCUT2D eigenvalue weighted by Crippen LogP contribution is -2.49. The van der Waals surface area contributed by atoms with Crippen molar-refractivity contribution in [2.75, 3.05) is 6.67 Å². The van der Waals surface area contributed by atoms with E-state index in [0.717, 1.165) is 0 Å². The van der Waals surface area contributed by atoms with E-state index < -0.39 is 24.4 Å². The van der Waals surface area contributed by atoms with Crippen molar-refractivity contribution in [1.29, 1.82) is 0 Å². The Morgan fingerprint density at radius 1 is 1.00 bits per heavy atom. The maximum atomic E-state index is 10.4. The molecule has 0 amide bonds. The third-order valence-corrected chi connectivity index (χ3v) is 1.41. The molecule has 0 fully saturated rings. The summed E-state index contributed by atoms with van der Waals surface area (Å²) in [6.45, 7) is -0.541. The van der Waals surface area contributed by atoms with Crippen molar-refractivity contribution in [3.63, 3.8) is 0 Å². The first-order chi connectivity index (χ1) is 8.02. The molecule has 17 heavy (non-hydrogen) atoms. The molecule has 0 aliphatic carbocycles. The van der Waals surface area contributed by atoms with Crippen LogP contribution in [0.4, 0.5) is 0 Å². The van der Waals surface area contributed by atoms with Crippen LogP contribution in [0.25, 0.3) is 0 Å². The van der Waals surface area contributed by atoms with Gasteiger partial charge in [0.05, 0.1) is 6.67 Å². The summed E-state index contributed by atoms with van der Waals surface area (Å²) in [6.07, 6.45) is -3.27. The maximum absolute atomic E-state index is 10.4. The van der Waals surface area contributed by atoms with Crippen LogP contribution in [0.5, 0.6) is 0 Å². The minimum atomic E-state index is -1.63. The lowest BCUT2D eigenvalue weighted by molar-refractivity contribution is -0.161. The molecule has 0 saturated carbocycles. The highest BCUT2D eigenvalue weighted by Crippen LogP contribution is 1.86. The van der Waals surface area contributed by atoms with Crippen LogP contribution >= 0.6 is 0 Å². The van der Waals surface area contributed by atoms with Gasteiger partial charge in [-0.1, -0.05) is 0 Å². The Morgan fingerprint density at radius 2 is 1.35 bits per heavy atom. The average Bonchev–Trinajstić information content (AvgIpc) is 2.26. The van der Waals surface area contributed by atoms with Crippen LogP contribution in [0.15, 0.2) is 0 Å². The molecule has 10 heteroatoms. The predicted octanol–water partition coefficient (Wildman–Crippen LogP) is -2.71. The van der Waals surface area contributed by atoms with Gasteiger partial charge in [0.2, 0.25) is 0 Å². The summed E-state index contributed by atoms with van der Waals surface area (Å²) in [4.78, 5) is 40.7. The second kappa shape index (κ2) is 8.01. The topological polar surface area (TPSA) is 151 Å². The molecular formula is C7H10N2O8. The molecule has 2 atom stereocenters. The quantitative estimate of drug-likeness (QED) is 0.238. The van der Waals surface area contributed by atoms with Gasteiger partial charge in [-0.15, -0.1) is 0 Å². The number of carbonyl (C=O) groups excluding carboxylic acids is 2. The van der Waals surface area contributed by atoms with Crippen molar-refractivity contribution in [2.45, 2.75) is 12.5 Å². The molecule has 96 valence electrons. The smallest absolute Gasteiger partial charge is 0.360 e. The van der Waals surface area contributed by atoms with Crippen LogP contribution in [0, 0.1) is 0 Å². The molecule has 0 aromatic carbocycles. The molecule has 0 heterocycles. The van der Waals surface area contributed by atoms with Crippen LogP contribution in [0.1, 0.15) is 0 Å². The molecule has 0 bridgehead atoms. The normalized spacial score (nSPS) is 13.2. The molecule has 0 aromatic heterocycles. The Balaban J connectivity index is 4.07. The van der Waals surface area contributed by atoms with Crippen molar-refractivity contribution in [3.8, 4) is 0 Å². The maximum Gasteiger partial charge on any atom is 0.360 e. The fourth-order valence-corrected chi connectivity index (χ4v) is 0.743. The number of rotatable bonds is 10. The second-order valence-electron chi connectivity index (χ2n) is 2.49. The fourth-order valence-electron chi connectivity index (χ4n) is 0.743. The molecule has 2 unspecified atom stereocenters. The largest absolute Gasteiger partial charge is 0.477 e. The van der Waals surface area contributed by atoms with Crippen LogP contribution < -0.4 is 10.6 Å². The SMILES string of the molecule is O=COC(NCNC(OC=O)C(=O)O)C(=O)O. The van der Waals surface area contributed by atoms with E-state index in [1.54, 1.807) is 0 Å². The Morgan fingerprint density at radius 3 is 1.59 bits per heavy atom. The lowest BCUT2D eigenvalue weighted by atomic mass is 10.5. The van der Waals surface area contributed by atoms with Gasteiger partial charge in [0.25, 0.3) is 25.4 Å². The summed E-state index contributed by atoms with van der Waals surface area (Å²) in [5.74, 6) is -2.94. The summed E-state index contributed by atoms with van der Waals surface area (Å²) >= 11 is 0. The summed E-state index contributed by atoms with van der Waals surface area (Å²) < 4.78 is 8.23. The zero-order valence-electron chi connectivity index (χ0n) is 8.36. The number of carboxylic acid groups (broad SMARTS) is 2. The zero-order valence-corrected chi connectivity index (χ0v) is 8.36. The monoisotopic (exact) mass is 250 g/mol. The van der Waals surface area contributed by atoms with Gasteiger partial charge in [0.1, 0.15) is 0 Å². The van der Waals surface area contributed by atoms with E-state index in [1.807, 2.05) is 0 Å². The van der Waals surface area contributed by atoms with Crippen molar-refractivity contribution in [3.05, 3.63) is 0 Å². The van der Waals surface area contributed by atoms with Gasteiger partial charge in [-0.05, 0) is 0 Å². The van der Waals surface area contributed by atoms with Crippen molar-refractivity contribution in [2.24, 2.45) is 0 Å². The fraction of sp³-hybridized carbons (Fsp3) is 0.429. The van der Waals surface area contributed by atoms with Crippen LogP contribution in [-0.4, -0.2) is 54.2 Å². The Labute approximate surface area is 94.5 Å². The molecular weight excluding hydrogens is 240 g/mol. The minimum absolute atomic E-state index is 0.0810. The third-order valence-electron chi connectivity index (χ3n) is 1.41. The van der Waals surface area contributed by atoms with Crippen LogP contribution in [0.3, 0.4) is 0 Å². The number of hydrogen-bond donors (Lipinski definition) is 4. The van der Waals surface area contributed by atoms with E-state index >= 15 is 0 Å². The standard InChI is InChI=1S/C7H10N2O8/c10-2-16-4(6(12)13)8-1-9-5(7(14)15)17-3-11/h2-5,8-9H,1H2,(H,12,13)(H,14,15). The van der Waals surface area contributed by atoms with Gasteiger partial charge in [-0.2, -0.15) is 0 Å². The first-order valence-electron chi connectivity index (χ1n) is 4.13. The molecule has 0 aliphatic rings. The van der Waals surface area contributed by atoms with E-state index in [0.29, 0.717) is 0 Å². The van der Waals surface area contributed by atoms with Gasteiger partial charge < -0.3 is 19.7 Å². The number of ether oxygens (including phenoxy) is 2. The third kappa shape index (κ3) is 6.06. The highest BCUT2D eigenvalue weighted by Gasteiger charge is 2.20. The summed E-state index contributed by atoms with van der Waals surface area (Å²) in [7, 11) is 0. The molecule has 0 rings (SSSR count). The first kappa shape index (κ1) is 14.8. The van der Waals surface area contributed by atoms with Crippen molar-refractivity contribution >= 4 is 24.9 Å². The summed E-state index contributed by atoms with van der Waals surface area (Å²) in [5, 5.41) is 21.3. The number of nitrogens with one attached hydrogen (secondary N) is 2. The van der Waals surface area contributed by atoms with E-state index in [-0.39, 0.29) is 19.6 Å². The molecule has 0 aliphatic heterocycles. The highest BCUT2D eigenvalue weighted by atomic mass is 16.6. The van der Waals surface area contributed by atoms with Gasteiger partial charge in [0.15, 0.2) is 0 Å². The van der Waals surface area contributed by atoms with Crippen LogP contribution in [0.2, 0.25) is 0 Å². The molecule has 0 aromatic rings. The summed E-state index contributed by atoms with van der Waals surface area (Å²) in [5.41, 5.74) is 0. The molecule has 10 nitrogen and oxygen atoms in total. The Kier molecular flexibility index (Phi) is 6.97. The summed E-state index contributed by atoms with van der Waals surface area (Å²) in [6, 6.07) is 0. The minimum Gasteiger partial charge on any atom is -0.477 e. The number of aliphatic carboxylic acids is 2. The highest BCUT2D eigenvalue weighted by molar-refractivity contribution is 5.73. The average molecular weight is 250 g/mol. The molecule has 4 N–H and O–H groups in total. The lowest BCUT2D eigenvalue weighted by Gasteiger charge is -2.15. The van der Waals surface area contributed by atoms with Gasteiger partial charge in [0, 0.05) is 0 Å². The first-order valence-corrected chi connectivity index (χ1v) is 4.13.